The van der Waals surface area contributed by atoms with Crippen molar-refractivity contribution >= 4 is 5.91 Å². The van der Waals surface area contributed by atoms with Crippen molar-refractivity contribution in [1.29, 1.82) is 0 Å². The van der Waals surface area contributed by atoms with E-state index in [1.165, 1.54) is 5.56 Å². The van der Waals surface area contributed by atoms with E-state index in [4.69, 9.17) is 5.73 Å². The standard InChI is InChI=1S/C18H22N2O/c1-13-3-7-16(8-4-13)14(2)20-18(21)17-9-5-15(6-10-17)11-12-19/h3-10,14H,11-12,19H2,1-2H3,(H,20,21)/t14-/m1/s1. The van der Waals surface area contributed by atoms with Crippen LogP contribution in [0.4, 0.5) is 0 Å². The number of hydrogen-bond donors (Lipinski definition) is 2. The molecule has 1 atom stereocenters. The van der Waals surface area contributed by atoms with E-state index in [9.17, 15) is 4.79 Å². The van der Waals surface area contributed by atoms with Crippen LogP contribution in [0.25, 0.3) is 0 Å². The van der Waals surface area contributed by atoms with Crippen molar-refractivity contribution in [2.24, 2.45) is 5.73 Å². The van der Waals surface area contributed by atoms with Gasteiger partial charge in [-0.1, -0.05) is 42.0 Å². The topological polar surface area (TPSA) is 55.1 Å². The van der Waals surface area contributed by atoms with Crippen LogP contribution in [0.5, 0.6) is 0 Å². The quantitative estimate of drug-likeness (QED) is 0.885. The molecule has 3 N–H and O–H groups in total. The third-order valence-corrected chi connectivity index (χ3v) is 3.57. The second kappa shape index (κ2) is 7.04. The molecule has 0 heterocycles. The summed E-state index contributed by atoms with van der Waals surface area (Å²) < 4.78 is 0. The Hall–Kier alpha value is -2.13. The first-order chi connectivity index (χ1) is 10.1. The Kier molecular flexibility index (Phi) is 5.12. The predicted octanol–water partition coefficient (Wildman–Crippen LogP) is 2.99. The number of hydrogen-bond acceptors (Lipinski definition) is 2. The molecular weight excluding hydrogens is 260 g/mol. The van der Waals surface area contributed by atoms with Crippen molar-refractivity contribution in [3.8, 4) is 0 Å². The van der Waals surface area contributed by atoms with E-state index in [1.54, 1.807) is 0 Å². The van der Waals surface area contributed by atoms with Crippen LogP contribution < -0.4 is 11.1 Å². The van der Waals surface area contributed by atoms with E-state index in [-0.39, 0.29) is 11.9 Å². The van der Waals surface area contributed by atoms with Gasteiger partial charge in [-0.15, -0.1) is 0 Å². The Morgan fingerprint density at radius 3 is 2.29 bits per heavy atom. The molecule has 0 saturated carbocycles. The molecule has 2 rings (SSSR count). The third-order valence-electron chi connectivity index (χ3n) is 3.57. The molecule has 0 spiro atoms. The summed E-state index contributed by atoms with van der Waals surface area (Å²) in [6.07, 6.45) is 0.835. The maximum absolute atomic E-state index is 12.2. The molecule has 2 aromatic rings. The van der Waals surface area contributed by atoms with Crippen LogP contribution in [0.15, 0.2) is 48.5 Å². The lowest BCUT2D eigenvalue weighted by Crippen LogP contribution is -2.26. The summed E-state index contributed by atoms with van der Waals surface area (Å²) in [6.45, 7) is 4.66. The van der Waals surface area contributed by atoms with Crippen LogP contribution in [-0.2, 0) is 6.42 Å². The van der Waals surface area contributed by atoms with Gasteiger partial charge in [0.15, 0.2) is 0 Å². The van der Waals surface area contributed by atoms with E-state index in [1.807, 2.05) is 43.3 Å². The van der Waals surface area contributed by atoms with Crippen molar-refractivity contribution in [3.63, 3.8) is 0 Å². The van der Waals surface area contributed by atoms with Gasteiger partial charge in [-0.05, 0) is 50.1 Å². The lowest BCUT2D eigenvalue weighted by molar-refractivity contribution is 0.0940. The van der Waals surface area contributed by atoms with E-state index in [0.29, 0.717) is 12.1 Å². The van der Waals surface area contributed by atoms with Crippen molar-refractivity contribution in [3.05, 3.63) is 70.8 Å². The summed E-state index contributed by atoms with van der Waals surface area (Å²) in [5.41, 5.74) is 9.67. The van der Waals surface area contributed by atoms with E-state index < -0.39 is 0 Å². The fraction of sp³-hybridized carbons (Fsp3) is 0.278. The summed E-state index contributed by atoms with van der Waals surface area (Å²) in [5.74, 6) is -0.0534. The van der Waals surface area contributed by atoms with Crippen molar-refractivity contribution in [2.45, 2.75) is 26.3 Å². The number of amides is 1. The first-order valence-electron chi connectivity index (χ1n) is 7.26. The summed E-state index contributed by atoms with van der Waals surface area (Å²) in [7, 11) is 0. The van der Waals surface area contributed by atoms with Gasteiger partial charge in [-0.2, -0.15) is 0 Å². The number of carbonyl (C=O) groups is 1. The number of nitrogens with two attached hydrogens (primary N) is 1. The van der Waals surface area contributed by atoms with E-state index >= 15 is 0 Å². The number of rotatable bonds is 5. The highest BCUT2D eigenvalue weighted by Gasteiger charge is 2.11. The van der Waals surface area contributed by atoms with Crippen LogP contribution in [0, 0.1) is 6.92 Å². The number of carbonyl (C=O) groups excluding carboxylic acids is 1. The summed E-state index contributed by atoms with van der Waals surface area (Å²) in [5, 5.41) is 3.02. The fourth-order valence-electron chi connectivity index (χ4n) is 2.21. The molecule has 3 heteroatoms. The van der Waals surface area contributed by atoms with Gasteiger partial charge in [0.05, 0.1) is 6.04 Å². The SMILES string of the molecule is Cc1ccc([C@@H](C)NC(=O)c2ccc(CCN)cc2)cc1. The minimum atomic E-state index is -0.0534. The molecule has 0 fully saturated rings. The lowest BCUT2D eigenvalue weighted by Gasteiger charge is -2.15. The summed E-state index contributed by atoms with van der Waals surface area (Å²) in [4.78, 5) is 12.2. The molecule has 0 unspecified atom stereocenters. The van der Waals surface area contributed by atoms with Gasteiger partial charge in [-0.25, -0.2) is 0 Å². The molecule has 0 aliphatic rings. The first-order valence-corrected chi connectivity index (χ1v) is 7.26. The maximum atomic E-state index is 12.2. The molecule has 0 aliphatic carbocycles. The van der Waals surface area contributed by atoms with Crippen LogP contribution in [-0.4, -0.2) is 12.5 Å². The van der Waals surface area contributed by atoms with E-state index in [2.05, 4.69) is 24.4 Å². The van der Waals surface area contributed by atoms with Crippen molar-refractivity contribution < 1.29 is 4.79 Å². The molecule has 0 aliphatic heterocycles. The normalized spacial score (nSPS) is 12.0. The first kappa shape index (κ1) is 15.3. The zero-order valence-corrected chi connectivity index (χ0v) is 12.6. The smallest absolute Gasteiger partial charge is 0.251 e. The zero-order chi connectivity index (χ0) is 15.2. The Bertz CT molecular complexity index is 588. The molecule has 3 nitrogen and oxygen atoms in total. The Morgan fingerprint density at radius 1 is 1.10 bits per heavy atom. The minimum absolute atomic E-state index is 0.0122. The number of nitrogens with one attached hydrogen (secondary N) is 1. The zero-order valence-electron chi connectivity index (χ0n) is 12.6. The van der Waals surface area contributed by atoms with Gasteiger partial charge in [0.1, 0.15) is 0 Å². The largest absolute Gasteiger partial charge is 0.346 e. The summed E-state index contributed by atoms with van der Waals surface area (Å²) >= 11 is 0. The fourth-order valence-corrected chi connectivity index (χ4v) is 2.21. The monoisotopic (exact) mass is 282 g/mol. The minimum Gasteiger partial charge on any atom is -0.346 e. The van der Waals surface area contributed by atoms with Crippen molar-refractivity contribution in [2.75, 3.05) is 6.54 Å². The van der Waals surface area contributed by atoms with Gasteiger partial charge in [0.2, 0.25) is 0 Å². The van der Waals surface area contributed by atoms with Gasteiger partial charge < -0.3 is 11.1 Å². The predicted molar refractivity (Wildman–Crippen MR) is 86.3 cm³/mol. The highest BCUT2D eigenvalue weighted by atomic mass is 16.1. The van der Waals surface area contributed by atoms with Gasteiger partial charge >= 0.3 is 0 Å². The second-order valence-corrected chi connectivity index (χ2v) is 5.34. The van der Waals surface area contributed by atoms with E-state index in [0.717, 1.165) is 17.5 Å². The third kappa shape index (κ3) is 4.17. The highest BCUT2D eigenvalue weighted by molar-refractivity contribution is 5.94. The van der Waals surface area contributed by atoms with Gasteiger partial charge in [-0.3, -0.25) is 4.79 Å². The molecule has 0 radical (unpaired) electrons. The second-order valence-electron chi connectivity index (χ2n) is 5.34. The molecule has 0 bridgehead atoms. The maximum Gasteiger partial charge on any atom is 0.251 e. The average Bonchev–Trinajstić information content (AvgIpc) is 2.49. The Balaban J connectivity index is 2.01. The van der Waals surface area contributed by atoms with Gasteiger partial charge in [0.25, 0.3) is 5.91 Å². The average molecular weight is 282 g/mol. The highest BCUT2D eigenvalue weighted by Crippen LogP contribution is 2.14. The molecule has 0 aromatic heterocycles. The van der Waals surface area contributed by atoms with Crippen LogP contribution in [0.2, 0.25) is 0 Å². The molecule has 2 aromatic carbocycles. The summed E-state index contributed by atoms with van der Waals surface area (Å²) in [6, 6.07) is 15.8. The molecule has 110 valence electrons. The van der Waals surface area contributed by atoms with Gasteiger partial charge in [0, 0.05) is 5.56 Å². The Morgan fingerprint density at radius 2 is 1.71 bits per heavy atom. The van der Waals surface area contributed by atoms with Crippen molar-refractivity contribution in [1.82, 2.24) is 5.32 Å². The number of benzene rings is 2. The van der Waals surface area contributed by atoms with Crippen LogP contribution >= 0.6 is 0 Å². The lowest BCUT2D eigenvalue weighted by atomic mass is 10.1. The number of aryl methyl sites for hydroxylation is 1. The van der Waals surface area contributed by atoms with Crippen LogP contribution in [0.1, 0.15) is 40.0 Å². The van der Waals surface area contributed by atoms with Crippen LogP contribution in [0.3, 0.4) is 0 Å². The Labute approximate surface area is 126 Å². The molecule has 21 heavy (non-hydrogen) atoms. The molecule has 1 amide bonds. The molecule has 0 saturated heterocycles. The molecular formula is C18H22N2O.